The summed E-state index contributed by atoms with van der Waals surface area (Å²) in [6.45, 7) is 4.01. The van der Waals surface area contributed by atoms with E-state index in [9.17, 15) is 14.7 Å². The molecule has 1 fully saturated rings. The first-order valence-electron chi connectivity index (χ1n) is 9.71. The van der Waals surface area contributed by atoms with Gasteiger partial charge in [-0.15, -0.1) is 11.3 Å². The molecular formula is C18H22N8O3S. The molecule has 0 atom stereocenters. The number of nitrogens with one attached hydrogen (secondary N) is 2. The minimum atomic E-state index is -1.08. The predicted molar refractivity (Wildman–Crippen MR) is 113 cm³/mol. The van der Waals surface area contributed by atoms with Gasteiger partial charge in [0, 0.05) is 32.1 Å². The summed E-state index contributed by atoms with van der Waals surface area (Å²) in [7, 11) is 1.79. The van der Waals surface area contributed by atoms with Gasteiger partial charge in [-0.05, 0) is 26.2 Å². The van der Waals surface area contributed by atoms with Crippen molar-refractivity contribution in [3.63, 3.8) is 0 Å². The molecule has 0 aromatic carbocycles. The van der Waals surface area contributed by atoms with Crippen molar-refractivity contribution in [3.8, 4) is 10.8 Å². The highest BCUT2D eigenvalue weighted by atomic mass is 32.1. The Bertz CT molecular complexity index is 1100. The fraction of sp³-hybridized carbons (Fsp3) is 0.444. The number of aromatic nitrogens is 5. The highest BCUT2D eigenvalue weighted by molar-refractivity contribution is 7.13. The molecule has 1 aliphatic rings. The van der Waals surface area contributed by atoms with Crippen LogP contribution >= 0.6 is 11.3 Å². The van der Waals surface area contributed by atoms with Gasteiger partial charge in [-0.3, -0.25) is 5.32 Å². The molecule has 12 heteroatoms. The smallest absolute Gasteiger partial charge is 0.355 e. The van der Waals surface area contributed by atoms with Crippen LogP contribution in [0.1, 0.15) is 36.7 Å². The van der Waals surface area contributed by atoms with E-state index in [1.54, 1.807) is 11.6 Å². The van der Waals surface area contributed by atoms with E-state index in [0.29, 0.717) is 34.4 Å². The lowest BCUT2D eigenvalue weighted by Crippen LogP contribution is -2.32. The molecule has 158 valence electrons. The Morgan fingerprint density at radius 1 is 1.17 bits per heavy atom. The van der Waals surface area contributed by atoms with Gasteiger partial charge in [0.05, 0.1) is 0 Å². The zero-order valence-electron chi connectivity index (χ0n) is 16.7. The SMILES string of the molecule is CCNC(=O)Nc1nc(N2CCCCC2)c2nc(-c3nc(C(=O)O)cs3)n(C)c2n1. The van der Waals surface area contributed by atoms with E-state index in [1.165, 1.54) is 23.1 Å². The molecule has 0 saturated carbocycles. The molecule has 3 aromatic heterocycles. The molecule has 11 nitrogen and oxygen atoms in total. The van der Waals surface area contributed by atoms with Crippen molar-refractivity contribution in [2.24, 2.45) is 7.05 Å². The van der Waals surface area contributed by atoms with Gasteiger partial charge >= 0.3 is 12.0 Å². The van der Waals surface area contributed by atoms with Crippen molar-refractivity contribution in [2.75, 3.05) is 29.9 Å². The molecule has 30 heavy (non-hydrogen) atoms. The minimum absolute atomic E-state index is 0.0250. The van der Waals surface area contributed by atoms with E-state index in [1.807, 2.05) is 6.92 Å². The lowest BCUT2D eigenvalue weighted by molar-refractivity contribution is 0.0691. The van der Waals surface area contributed by atoms with Gasteiger partial charge in [-0.2, -0.15) is 9.97 Å². The first kappa shape index (κ1) is 20.0. The summed E-state index contributed by atoms with van der Waals surface area (Å²) >= 11 is 1.21. The first-order chi connectivity index (χ1) is 14.5. The van der Waals surface area contributed by atoms with Gasteiger partial charge in [0.15, 0.2) is 33.5 Å². The van der Waals surface area contributed by atoms with E-state index in [2.05, 4.69) is 30.5 Å². The van der Waals surface area contributed by atoms with Crippen molar-refractivity contribution in [3.05, 3.63) is 11.1 Å². The van der Waals surface area contributed by atoms with Gasteiger partial charge in [-0.25, -0.2) is 19.6 Å². The van der Waals surface area contributed by atoms with Crippen LogP contribution in [0.15, 0.2) is 5.38 Å². The highest BCUT2D eigenvalue weighted by Gasteiger charge is 2.24. The van der Waals surface area contributed by atoms with Gasteiger partial charge in [0.25, 0.3) is 0 Å². The van der Waals surface area contributed by atoms with Crippen LogP contribution in [0.4, 0.5) is 16.6 Å². The van der Waals surface area contributed by atoms with Crippen LogP contribution < -0.4 is 15.5 Å². The number of aryl methyl sites for hydroxylation is 1. The van der Waals surface area contributed by atoms with Crippen LogP contribution in [0.3, 0.4) is 0 Å². The summed E-state index contributed by atoms with van der Waals surface area (Å²) in [5.41, 5.74) is 1.12. The molecule has 1 aliphatic heterocycles. The summed E-state index contributed by atoms with van der Waals surface area (Å²) in [5.74, 6) is 0.265. The number of carbonyl (C=O) groups excluding carboxylic acids is 1. The molecule has 2 amide bonds. The van der Waals surface area contributed by atoms with Crippen molar-refractivity contribution in [1.29, 1.82) is 0 Å². The zero-order chi connectivity index (χ0) is 21.3. The first-order valence-corrected chi connectivity index (χ1v) is 10.6. The third-order valence-electron chi connectivity index (χ3n) is 4.83. The molecule has 0 unspecified atom stereocenters. The fourth-order valence-electron chi connectivity index (χ4n) is 3.40. The monoisotopic (exact) mass is 430 g/mol. The van der Waals surface area contributed by atoms with E-state index in [4.69, 9.17) is 4.98 Å². The Labute approximate surface area is 176 Å². The van der Waals surface area contributed by atoms with Gasteiger partial charge in [-0.1, -0.05) is 0 Å². The predicted octanol–water partition coefficient (Wildman–Crippen LogP) is 2.32. The summed E-state index contributed by atoms with van der Waals surface area (Å²) in [6, 6.07) is -0.380. The molecule has 4 rings (SSSR count). The van der Waals surface area contributed by atoms with Crippen LogP contribution in [0.2, 0.25) is 0 Å². The number of carboxylic acid groups (broad SMARTS) is 1. The number of piperidine rings is 1. The number of imidazole rings is 1. The number of rotatable bonds is 5. The van der Waals surface area contributed by atoms with Crippen LogP contribution in [0.5, 0.6) is 0 Å². The zero-order valence-corrected chi connectivity index (χ0v) is 17.5. The molecule has 0 spiro atoms. The van der Waals surface area contributed by atoms with E-state index in [-0.39, 0.29) is 17.7 Å². The van der Waals surface area contributed by atoms with Crippen molar-refractivity contribution >= 4 is 46.3 Å². The average Bonchev–Trinajstić information content (AvgIpc) is 3.34. The lowest BCUT2D eigenvalue weighted by atomic mass is 10.1. The van der Waals surface area contributed by atoms with Gasteiger partial charge in [0.2, 0.25) is 5.95 Å². The minimum Gasteiger partial charge on any atom is -0.476 e. The normalized spacial score (nSPS) is 14.1. The summed E-state index contributed by atoms with van der Waals surface area (Å²) < 4.78 is 1.75. The number of hydrogen-bond acceptors (Lipinski definition) is 8. The number of anilines is 2. The Hall–Kier alpha value is -3.28. The second-order valence-electron chi connectivity index (χ2n) is 6.91. The number of fused-ring (bicyclic) bond motifs is 1. The molecule has 4 heterocycles. The van der Waals surface area contributed by atoms with Gasteiger partial charge in [0.1, 0.15) is 0 Å². The van der Waals surface area contributed by atoms with Crippen LogP contribution in [0.25, 0.3) is 22.0 Å². The largest absolute Gasteiger partial charge is 0.476 e. The number of amides is 2. The van der Waals surface area contributed by atoms with E-state index < -0.39 is 5.97 Å². The number of thiazole rings is 1. The molecule has 0 aliphatic carbocycles. The molecule has 0 radical (unpaired) electrons. The number of urea groups is 1. The summed E-state index contributed by atoms with van der Waals surface area (Å²) in [4.78, 5) is 43.3. The van der Waals surface area contributed by atoms with Crippen molar-refractivity contribution in [2.45, 2.75) is 26.2 Å². The van der Waals surface area contributed by atoms with Crippen molar-refractivity contribution < 1.29 is 14.7 Å². The number of carboxylic acids is 1. The maximum Gasteiger partial charge on any atom is 0.355 e. The van der Waals surface area contributed by atoms with Crippen LogP contribution in [-0.4, -0.2) is 61.2 Å². The standard InChI is InChI=1S/C18H22N8O3S/c1-3-19-18(29)24-17-22-12-11(13(23-17)26-7-5-4-6-8-26)21-14(25(12)2)15-20-10(9-30-15)16(27)28/h9H,3-8H2,1-2H3,(H,27,28)(H2,19,22,23,24,29). The molecule has 0 bridgehead atoms. The van der Waals surface area contributed by atoms with Crippen LogP contribution in [-0.2, 0) is 7.05 Å². The van der Waals surface area contributed by atoms with E-state index >= 15 is 0 Å². The molecule has 3 N–H and O–H groups in total. The second kappa shape index (κ2) is 8.22. The Kier molecular flexibility index (Phi) is 5.48. The number of carbonyl (C=O) groups is 2. The average molecular weight is 430 g/mol. The molecule has 1 saturated heterocycles. The number of hydrogen-bond donors (Lipinski definition) is 3. The maximum atomic E-state index is 12.0. The third kappa shape index (κ3) is 3.77. The quantitative estimate of drug-likeness (QED) is 0.561. The summed E-state index contributed by atoms with van der Waals surface area (Å²) in [5, 5.41) is 16.5. The molecule has 3 aromatic rings. The Morgan fingerprint density at radius 3 is 2.60 bits per heavy atom. The number of aromatic carboxylic acids is 1. The van der Waals surface area contributed by atoms with Crippen LogP contribution in [0, 0.1) is 0 Å². The molecular weight excluding hydrogens is 408 g/mol. The topological polar surface area (TPSA) is 138 Å². The number of nitrogens with zero attached hydrogens (tertiary/aromatic N) is 6. The maximum absolute atomic E-state index is 12.0. The Balaban J connectivity index is 1.83. The highest BCUT2D eigenvalue weighted by Crippen LogP contribution is 2.32. The van der Waals surface area contributed by atoms with E-state index in [0.717, 1.165) is 25.9 Å². The fourth-order valence-corrected chi connectivity index (χ4v) is 4.22. The second-order valence-corrected chi connectivity index (χ2v) is 7.77. The summed E-state index contributed by atoms with van der Waals surface area (Å²) in [6.07, 6.45) is 3.27. The Morgan fingerprint density at radius 2 is 1.93 bits per heavy atom. The lowest BCUT2D eigenvalue weighted by Gasteiger charge is -2.27. The van der Waals surface area contributed by atoms with Gasteiger partial charge < -0.3 is 19.9 Å². The van der Waals surface area contributed by atoms with Crippen molar-refractivity contribution in [1.82, 2.24) is 29.8 Å². The third-order valence-corrected chi connectivity index (χ3v) is 5.67.